The molecule has 0 unspecified atom stereocenters. The predicted octanol–water partition coefficient (Wildman–Crippen LogP) is 2.43. The molecule has 0 aliphatic rings. The highest BCUT2D eigenvalue weighted by Crippen LogP contribution is 2.06. The lowest BCUT2D eigenvalue weighted by Gasteiger charge is -2.19. The number of nitrogens with zero attached hydrogens (tertiary/aromatic N) is 1. The maximum Gasteiger partial charge on any atom is 0.407 e. The lowest BCUT2D eigenvalue weighted by atomic mass is 10.2. The summed E-state index contributed by atoms with van der Waals surface area (Å²) in [7, 11) is 0. The molecule has 1 aromatic heterocycles. The van der Waals surface area contributed by atoms with Gasteiger partial charge in [0.1, 0.15) is 5.60 Å². The van der Waals surface area contributed by atoms with Gasteiger partial charge in [-0.15, -0.1) is 0 Å². The second kappa shape index (κ2) is 6.68. The average Bonchev–Trinajstić information content (AvgIpc) is 2.33. The van der Waals surface area contributed by atoms with Crippen molar-refractivity contribution in [2.45, 2.75) is 26.4 Å². The maximum absolute atomic E-state index is 11.3. The molecule has 0 atom stereocenters. The van der Waals surface area contributed by atoms with E-state index in [0.29, 0.717) is 12.1 Å². The molecule has 5 nitrogen and oxygen atoms in total. The van der Waals surface area contributed by atoms with E-state index in [1.807, 2.05) is 0 Å². The van der Waals surface area contributed by atoms with E-state index in [-0.39, 0.29) is 0 Å². The van der Waals surface area contributed by atoms with Crippen molar-refractivity contribution in [3.8, 4) is 0 Å². The molecule has 1 N–H and O–H groups in total. The summed E-state index contributed by atoms with van der Waals surface area (Å²) in [4.78, 5) is 25.8. The van der Waals surface area contributed by atoms with Crippen molar-refractivity contribution >= 4 is 18.5 Å². The largest absolute Gasteiger partial charge is 0.444 e. The fourth-order valence-corrected chi connectivity index (χ4v) is 1.28. The Kier molecular flexibility index (Phi) is 5.23. The van der Waals surface area contributed by atoms with Crippen LogP contribution >= 0.6 is 0 Å². The van der Waals surface area contributed by atoms with Crippen LogP contribution in [0.1, 0.15) is 36.7 Å². The molecule has 1 heterocycles. The van der Waals surface area contributed by atoms with Crippen LogP contribution in [0.25, 0.3) is 6.08 Å². The first-order chi connectivity index (χ1) is 8.90. The lowest BCUT2D eigenvalue weighted by molar-refractivity contribution is 0.0534. The molecule has 0 aromatic carbocycles. The van der Waals surface area contributed by atoms with Crippen LogP contribution in [0.15, 0.2) is 24.5 Å². The summed E-state index contributed by atoms with van der Waals surface area (Å²) in [6.07, 6.45) is 6.94. The van der Waals surface area contributed by atoms with Gasteiger partial charge in [-0.25, -0.2) is 4.79 Å². The minimum atomic E-state index is -0.504. The highest BCUT2D eigenvalue weighted by Gasteiger charge is 2.14. The Labute approximate surface area is 112 Å². The smallest absolute Gasteiger partial charge is 0.407 e. The number of carbonyl (C=O) groups is 2. The van der Waals surface area contributed by atoms with Gasteiger partial charge in [-0.2, -0.15) is 0 Å². The van der Waals surface area contributed by atoms with Gasteiger partial charge in [0, 0.05) is 24.5 Å². The van der Waals surface area contributed by atoms with Gasteiger partial charge in [-0.3, -0.25) is 9.78 Å². The maximum atomic E-state index is 11.3. The van der Waals surface area contributed by atoms with Crippen molar-refractivity contribution in [1.29, 1.82) is 0 Å². The van der Waals surface area contributed by atoms with Crippen molar-refractivity contribution in [3.63, 3.8) is 0 Å². The van der Waals surface area contributed by atoms with Crippen LogP contribution in [-0.2, 0) is 4.74 Å². The summed E-state index contributed by atoms with van der Waals surface area (Å²) in [6.45, 7) is 5.76. The van der Waals surface area contributed by atoms with Gasteiger partial charge in [-0.05, 0) is 32.4 Å². The molecular weight excluding hydrogens is 244 g/mol. The molecule has 102 valence electrons. The van der Waals surface area contributed by atoms with E-state index in [2.05, 4.69) is 10.3 Å². The fraction of sp³-hybridized carbons (Fsp3) is 0.357. The molecule has 0 bridgehead atoms. The van der Waals surface area contributed by atoms with E-state index < -0.39 is 11.7 Å². The molecule has 1 aromatic rings. The zero-order valence-electron chi connectivity index (χ0n) is 11.3. The van der Waals surface area contributed by atoms with Crippen molar-refractivity contribution in [2.75, 3.05) is 6.54 Å². The van der Waals surface area contributed by atoms with Crippen LogP contribution in [0.5, 0.6) is 0 Å². The van der Waals surface area contributed by atoms with Crippen molar-refractivity contribution in [1.82, 2.24) is 10.3 Å². The number of hydrogen-bond donors (Lipinski definition) is 1. The van der Waals surface area contributed by atoms with Crippen LogP contribution in [0.4, 0.5) is 4.79 Å². The molecule has 19 heavy (non-hydrogen) atoms. The Balaban J connectivity index is 2.42. The zero-order chi connectivity index (χ0) is 14.3. The van der Waals surface area contributed by atoms with E-state index in [4.69, 9.17) is 4.74 Å². The molecule has 0 saturated heterocycles. The van der Waals surface area contributed by atoms with E-state index >= 15 is 0 Å². The summed E-state index contributed by atoms with van der Waals surface area (Å²) in [5, 5.41) is 2.60. The summed E-state index contributed by atoms with van der Waals surface area (Å²) in [5.74, 6) is 0. The Morgan fingerprint density at radius 3 is 2.68 bits per heavy atom. The van der Waals surface area contributed by atoms with E-state index in [1.54, 1.807) is 45.2 Å². The summed E-state index contributed by atoms with van der Waals surface area (Å²) >= 11 is 0. The molecular formula is C14H18N2O3. The Morgan fingerprint density at radius 2 is 2.05 bits per heavy atom. The molecule has 0 aliphatic heterocycles. The van der Waals surface area contributed by atoms with Crippen molar-refractivity contribution in [3.05, 3.63) is 35.7 Å². The van der Waals surface area contributed by atoms with Gasteiger partial charge in [0.25, 0.3) is 0 Å². The standard InChI is InChI=1S/C14H18N2O3/c1-14(2,3)19-13(18)16-6-4-5-11-7-12(10-17)9-15-8-11/h4-5,7-10H,6H2,1-3H3,(H,16,18). The van der Waals surface area contributed by atoms with Crippen molar-refractivity contribution < 1.29 is 14.3 Å². The number of aromatic nitrogens is 1. The predicted molar refractivity (Wildman–Crippen MR) is 72.9 cm³/mol. The first kappa shape index (κ1) is 14.9. The van der Waals surface area contributed by atoms with E-state index in [0.717, 1.165) is 11.8 Å². The van der Waals surface area contributed by atoms with Gasteiger partial charge in [0.05, 0.1) is 0 Å². The molecule has 1 rings (SSSR count). The third-order valence-corrected chi connectivity index (χ3v) is 1.99. The lowest BCUT2D eigenvalue weighted by Crippen LogP contribution is -2.32. The van der Waals surface area contributed by atoms with Gasteiger partial charge in [0.2, 0.25) is 0 Å². The minimum absolute atomic E-state index is 0.347. The monoisotopic (exact) mass is 262 g/mol. The van der Waals surface area contributed by atoms with E-state index in [1.165, 1.54) is 6.20 Å². The Hall–Kier alpha value is -2.17. The molecule has 1 amide bonds. The number of amides is 1. The molecule has 0 spiro atoms. The minimum Gasteiger partial charge on any atom is -0.444 e. The molecule has 0 saturated carbocycles. The van der Waals surface area contributed by atoms with Crippen LogP contribution in [0.2, 0.25) is 0 Å². The Morgan fingerprint density at radius 1 is 1.37 bits per heavy atom. The van der Waals surface area contributed by atoms with E-state index in [9.17, 15) is 9.59 Å². The zero-order valence-corrected chi connectivity index (χ0v) is 11.3. The number of aldehydes is 1. The number of pyridine rings is 1. The highest BCUT2D eigenvalue weighted by atomic mass is 16.6. The Bertz CT molecular complexity index is 476. The van der Waals surface area contributed by atoms with Gasteiger partial charge < -0.3 is 10.1 Å². The topological polar surface area (TPSA) is 68.3 Å². The highest BCUT2D eigenvalue weighted by molar-refractivity contribution is 5.75. The van der Waals surface area contributed by atoms with Crippen LogP contribution in [-0.4, -0.2) is 29.5 Å². The van der Waals surface area contributed by atoms with Gasteiger partial charge in [-0.1, -0.05) is 12.2 Å². The normalized spacial score (nSPS) is 11.3. The number of ether oxygens (including phenoxy) is 1. The number of hydrogen-bond acceptors (Lipinski definition) is 4. The van der Waals surface area contributed by atoms with Crippen LogP contribution < -0.4 is 5.32 Å². The molecule has 0 aliphatic carbocycles. The second-order valence-electron chi connectivity index (χ2n) is 4.95. The first-order valence-corrected chi connectivity index (χ1v) is 5.94. The summed E-state index contributed by atoms with van der Waals surface area (Å²) in [5.41, 5.74) is 0.813. The third-order valence-electron chi connectivity index (χ3n) is 1.99. The molecule has 0 radical (unpaired) electrons. The quantitative estimate of drug-likeness (QED) is 0.846. The summed E-state index contributed by atoms with van der Waals surface area (Å²) in [6, 6.07) is 1.71. The average molecular weight is 262 g/mol. The van der Waals surface area contributed by atoms with Crippen molar-refractivity contribution in [2.24, 2.45) is 0 Å². The summed E-state index contributed by atoms with van der Waals surface area (Å²) < 4.78 is 5.08. The number of alkyl carbamates (subject to hydrolysis) is 1. The number of carbonyl (C=O) groups excluding carboxylic acids is 2. The second-order valence-corrected chi connectivity index (χ2v) is 4.95. The first-order valence-electron chi connectivity index (χ1n) is 5.94. The SMILES string of the molecule is CC(C)(C)OC(=O)NCC=Cc1cncc(C=O)c1. The van der Waals surface area contributed by atoms with Crippen LogP contribution in [0.3, 0.4) is 0 Å². The molecule has 0 fully saturated rings. The molecule has 5 heteroatoms. The third kappa shape index (κ3) is 6.35. The van der Waals surface area contributed by atoms with Gasteiger partial charge >= 0.3 is 6.09 Å². The van der Waals surface area contributed by atoms with Crippen LogP contribution in [0, 0.1) is 0 Å². The number of nitrogens with one attached hydrogen (secondary N) is 1. The van der Waals surface area contributed by atoms with Gasteiger partial charge in [0.15, 0.2) is 6.29 Å². The fourth-order valence-electron chi connectivity index (χ4n) is 1.28. The number of rotatable bonds is 4.